The zero-order chi connectivity index (χ0) is 18.1. The van der Waals surface area contributed by atoms with E-state index < -0.39 is 4.92 Å². The van der Waals surface area contributed by atoms with Crippen LogP contribution in [0.15, 0.2) is 70.5 Å². The summed E-state index contributed by atoms with van der Waals surface area (Å²) in [5.41, 5.74) is 3.41. The topological polar surface area (TPSA) is 71.8 Å². The summed E-state index contributed by atoms with van der Waals surface area (Å²) in [6.45, 7) is 0. The molecule has 0 unspecified atom stereocenters. The van der Waals surface area contributed by atoms with E-state index in [2.05, 4.69) is 20.9 Å². The Bertz CT molecular complexity index is 1080. The fourth-order valence-corrected chi connectivity index (χ4v) is 3.83. The van der Waals surface area contributed by atoms with Crippen molar-refractivity contribution in [1.82, 2.24) is 9.97 Å². The Kier molecular flexibility index (Phi) is 4.40. The van der Waals surface area contributed by atoms with Gasteiger partial charge in [-0.1, -0.05) is 36.4 Å². The second-order valence-electron chi connectivity index (χ2n) is 5.58. The number of H-pyrrole nitrogens is 1. The average Bonchev–Trinajstić information content (AvgIpc) is 3.32. The van der Waals surface area contributed by atoms with Crippen molar-refractivity contribution in [3.05, 3.63) is 80.6 Å². The molecule has 2 aromatic carbocycles. The number of hydrogen-bond acceptors (Lipinski definition) is 4. The van der Waals surface area contributed by atoms with Crippen LogP contribution in [0.3, 0.4) is 0 Å². The second kappa shape index (κ2) is 6.86. The maximum absolute atomic E-state index is 11.2. The number of imidazole rings is 1. The standard InChI is InChI=1S/C19H12BrN3O2S/c20-14-9-8-13(11-15(14)23(24)25)19-21-17(12-5-2-1-3-6-12)18(22-19)16-7-4-10-26-16/h1-11H,(H,21,22). The highest BCUT2D eigenvalue weighted by Gasteiger charge is 2.18. The van der Waals surface area contributed by atoms with Gasteiger partial charge in [0.15, 0.2) is 0 Å². The molecule has 0 atom stereocenters. The number of aromatic amines is 1. The van der Waals surface area contributed by atoms with E-state index in [0.29, 0.717) is 15.9 Å². The second-order valence-corrected chi connectivity index (χ2v) is 7.38. The molecular weight excluding hydrogens is 414 g/mol. The summed E-state index contributed by atoms with van der Waals surface area (Å²) < 4.78 is 0.444. The molecule has 2 aromatic heterocycles. The van der Waals surface area contributed by atoms with Gasteiger partial charge in [0.05, 0.1) is 25.7 Å². The van der Waals surface area contributed by atoms with Crippen LogP contribution in [0, 0.1) is 10.1 Å². The van der Waals surface area contributed by atoms with E-state index in [1.807, 2.05) is 53.9 Å². The summed E-state index contributed by atoms with van der Waals surface area (Å²) in [6.07, 6.45) is 0. The SMILES string of the molecule is O=[N+]([O-])c1cc(-c2nc(-c3ccccc3)c(-c3cccs3)[nH]2)ccc1Br. The molecule has 0 aliphatic carbocycles. The number of benzene rings is 2. The van der Waals surface area contributed by atoms with E-state index in [0.717, 1.165) is 21.8 Å². The maximum atomic E-state index is 11.2. The molecule has 128 valence electrons. The van der Waals surface area contributed by atoms with Crippen molar-refractivity contribution in [3.63, 3.8) is 0 Å². The summed E-state index contributed by atoms with van der Waals surface area (Å²) in [5.74, 6) is 0.600. The van der Waals surface area contributed by atoms with E-state index in [-0.39, 0.29) is 5.69 Å². The normalized spacial score (nSPS) is 10.8. The van der Waals surface area contributed by atoms with Gasteiger partial charge in [-0.3, -0.25) is 10.1 Å². The number of thiophene rings is 1. The summed E-state index contributed by atoms with van der Waals surface area (Å²) in [7, 11) is 0. The lowest BCUT2D eigenvalue weighted by atomic mass is 10.1. The van der Waals surface area contributed by atoms with Crippen LogP contribution < -0.4 is 0 Å². The molecule has 7 heteroatoms. The van der Waals surface area contributed by atoms with Crippen molar-refractivity contribution in [1.29, 1.82) is 0 Å². The minimum absolute atomic E-state index is 0.0119. The summed E-state index contributed by atoms with van der Waals surface area (Å²) in [4.78, 5) is 20.0. The van der Waals surface area contributed by atoms with Crippen LogP contribution in [0.2, 0.25) is 0 Å². The van der Waals surface area contributed by atoms with Gasteiger partial charge in [0.25, 0.3) is 5.69 Å². The van der Waals surface area contributed by atoms with Crippen molar-refractivity contribution in [2.24, 2.45) is 0 Å². The van der Waals surface area contributed by atoms with E-state index >= 15 is 0 Å². The molecular formula is C19H12BrN3O2S. The van der Waals surface area contributed by atoms with Crippen molar-refractivity contribution in [2.75, 3.05) is 0 Å². The molecule has 0 spiro atoms. The Morgan fingerprint density at radius 1 is 1.04 bits per heavy atom. The van der Waals surface area contributed by atoms with E-state index in [1.54, 1.807) is 17.4 Å². The van der Waals surface area contributed by atoms with Gasteiger partial charge in [0, 0.05) is 17.2 Å². The van der Waals surface area contributed by atoms with E-state index in [4.69, 9.17) is 4.98 Å². The third-order valence-electron chi connectivity index (χ3n) is 3.93. The first-order chi connectivity index (χ1) is 12.6. The van der Waals surface area contributed by atoms with E-state index in [1.165, 1.54) is 6.07 Å². The lowest BCUT2D eigenvalue weighted by Gasteiger charge is -1.99. The molecule has 0 fully saturated rings. The van der Waals surface area contributed by atoms with Crippen LogP contribution in [0.1, 0.15) is 0 Å². The predicted octanol–water partition coefficient (Wildman–Crippen LogP) is 6.14. The lowest BCUT2D eigenvalue weighted by molar-refractivity contribution is -0.385. The monoisotopic (exact) mass is 425 g/mol. The number of rotatable bonds is 4. The number of nitro groups is 1. The molecule has 1 N–H and O–H groups in total. The zero-order valence-electron chi connectivity index (χ0n) is 13.3. The summed E-state index contributed by atoms with van der Waals surface area (Å²) in [6, 6.07) is 18.9. The number of halogens is 1. The lowest BCUT2D eigenvalue weighted by Crippen LogP contribution is -1.91. The first-order valence-electron chi connectivity index (χ1n) is 7.77. The van der Waals surface area contributed by atoms with Crippen molar-refractivity contribution >= 4 is 33.0 Å². The largest absolute Gasteiger partial charge is 0.337 e. The van der Waals surface area contributed by atoms with Gasteiger partial charge in [-0.25, -0.2) is 4.98 Å². The molecule has 5 nitrogen and oxygen atoms in total. The quantitative estimate of drug-likeness (QED) is 0.315. The Hall–Kier alpha value is -2.77. The molecule has 0 radical (unpaired) electrons. The van der Waals surface area contributed by atoms with Gasteiger partial charge in [0.2, 0.25) is 0 Å². The maximum Gasteiger partial charge on any atom is 0.284 e. The molecule has 26 heavy (non-hydrogen) atoms. The molecule has 0 saturated heterocycles. The van der Waals surface area contributed by atoms with Crippen LogP contribution >= 0.6 is 27.3 Å². The van der Waals surface area contributed by atoms with Gasteiger partial charge in [0.1, 0.15) is 5.82 Å². The molecule has 0 bridgehead atoms. The number of nitrogens with one attached hydrogen (secondary N) is 1. The molecule has 0 amide bonds. The average molecular weight is 426 g/mol. The van der Waals surface area contributed by atoms with Crippen molar-refractivity contribution in [2.45, 2.75) is 0 Å². The molecule has 2 heterocycles. The first kappa shape index (κ1) is 16.7. The highest BCUT2D eigenvalue weighted by Crippen LogP contribution is 2.36. The Balaban J connectivity index is 1.89. The molecule has 0 aliphatic rings. The first-order valence-corrected chi connectivity index (χ1v) is 9.44. The summed E-state index contributed by atoms with van der Waals surface area (Å²) >= 11 is 4.84. The van der Waals surface area contributed by atoms with E-state index in [9.17, 15) is 10.1 Å². The molecule has 4 aromatic rings. The number of nitrogens with zero attached hydrogens (tertiary/aromatic N) is 2. The fraction of sp³-hybridized carbons (Fsp3) is 0. The van der Waals surface area contributed by atoms with Crippen LogP contribution in [0.25, 0.3) is 33.2 Å². The van der Waals surface area contributed by atoms with Crippen molar-refractivity contribution < 1.29 is 4.92 Å². The smallest absolute Gasteiger partial charge is 0.284 e. The number of nitro benzene ring substituents is 1. The van der Waals surface area contributed by atoms with Gasteiger partial charge in [-0.2, -0.15) is 0 Å². The summed E-state index contributed by atoms with van der Waals surface area (Å²) in [5, 5.41) is 13.2. The fourth-order valence-electron chi connectivity index (χ4n) is 2.71. The van der Waals surface area contributed by atoms with Gasteiger partial charge in [-0.15, -0.1) is 11.3 Å². The Morgan fingerprint density at radius 2 is 1.85 bits per heavy atom. The number of aromatic nitrogens is 2. The molecule has 0 aliphatic heterocycles. The van der Waals surface area contributed by atoms with Gasteiger partial charge < -0.3 is 4.98 Å². The minimum atomic E-state index is -0.408. The van der Waals surface area contributed by atoms with Gasteiger partial charge in [-0.05, 0) is 39.5 Å². The third-order valence-corrected chi connectivity index (χ3v) is 5.49. The number of hydrogen-bond donors (Lipinski definition) is 1. The third kappa shape index (κ3) is 3.07. The van der Waals surface area contributed by atoms with Gasteiger partial charge >= 0.3 is 0 Å². The van der Waals surface area contributed by atoms with Crippen molar-refractivity contribution in [3.8, 4) is 33.2 Å². The highest BCUT2D eigenvalue weighted by molar-refractivity contribution is 9.10. The minimum Gasteiger partial charge on any atom is -0.337 e. The Morgan fingerprint density at radius 3 is 2.54 bits per heavy atom. The molecule has 0 saturated carbocycles. The predicted molar refractivity (Wildman–Crippen MR) is 107 cm³/mol. The molecule has 4 rings (SSSR count). The highest BCUT2D eigenvalue weighted by atomic mass is 79.9. The Labute approximate surface area is 161 Å². The van der Waals surface area contributed by atoms with Crippen LogP contribution in [-0.2, 0) is 0 Å². The van der Waals surface area contributed by atoms with Crippen LogP contribution in [0.4, 0.5) is 5.69 Å². The van der Waals surface area contributed by atoms with Crippen LogP contribution in [-0.4, -0.2) is 14.9 Å². The van der Waals surface area contributed by atoms with Crippen LogP contribution in [0.5, 0.6) is 0 Å². The zero-order valence-corrected chi connectivity index (χ0v) is 15.8.